The molecular weight excluding hydrogens is 326 g/mol. The Labute approximate surface area is 155 Å². The molecule has 0 saturated carbocycles. The number of hydrogen-bond donors (Lipinski definition) is 1. The molecule has 1 heterocycles. The number of nitrogens with one attached hydrogen (secondary N) is 1. The van der Waals surface area contributed by atoms with E-state index in [4.69, 9.17) is 9.47 Å². The van der Waals surface area contributed by atoms with Crippen molar-refractivity contribution in [3.63, 3.8) is 0 Å². The quantitative estimate of drug-likeness (QED) is 0.672. The van der Waals surface area contributed by atoms with Crippen LogP contribution in [-0.4, -0.2) is 36.4 Å². The Morgan fingerprint density at radius 1 is 1.08 bits per heavy atom. The van der Waals surface area contributed by atoms with Crippen molar-refractivity contribution in [3.05, 3.63) is 53.9 Å². The number of methoxy groups -OCH3 is 2. The molecule has 1 unspecified atom stereocenters. The van der Waals surface area contributed by atoms with Gasteiger partial charge in [0.05, 0.1) is 25.3 Å². The maximum absolute atomic E-state index is 5.39. The van der Waals surface area contributed by atoms with Crippen molar-refractivity contribution in [1.82, 2.24) is 14.9 Å². The van der Waals surface area contributed by atoms with Gasteiger partial charge in [-0.05, 0) is 50.1 Å². The van der Waals surface area contributed by atoms with Crippen molar-refractivity contribution >= 4 is 11.0 Å². The highest BCUT2D eigenvalue weighted by Crippen LogP contribution is 2.28. The molecule has 0 saturated heterocycles. The van der Waals surface area contributed by atoms with Crippen LogP contribution in [0.1, 0.15) is 18.3 Å². The molecule has 0 aliphatic heterocycles. The molecule has 0 aliphatic rings. The SMILES string of the molecule is COc1ccc(CC(C)NCCn2c(C)nc3ccccc32)cc1OC. The van der Waals surface area contributed by atoms with Gasteiger partial charge in [0.1, 0.15) is 5.82 Å². The van der Waals surface area contributed by atoms with Crippen molar-refractivity contribution in [2.75, 3.05) is 20.8 Å². The van der Waals surface area contributed by atoms with Crippen LogP contribution >= 0.6 is 0 Å². The molecule has 0 amide bonds. The van der Waals surface area contributed by atoms with Crippen molar-refractivity contribution in [1.29, 1.82) is 0 Å². The first-order valence-electron chi connectivity index (χ1n) is 8.98. The van der Waals surface area contributed by atoms with Crippen LogP contribution in [0, 0.1) is 6.92 Å². The fraction of sp³-hybridized carbons (Fsp3) is 0.381. The maximum atomic E-state index is 5.39. The number of nitrogens with zero attached hydrogens (tertiary/aromatic N) is 2. The number of ether oxygens (including phenoxy) is 2. The number of benzene rings is 2. The molecule has 0 aliphatic carbocycles. The Hall–Kier alpha value is -2.53. The third-order valence-corrected chi connectivity index (χ3v) is 4.66. The normalized spacial score (nSPS) is 12.3. The van der Waals surface area contributed by atoms with E-state index in [2.05, 4.69) is 53.0 Å². The predicted molar refractivity (Wildman–Crippen MR) is 105 cm³/mol. The van der Waals surface area contributed by atoms with E-state index in [0.717, 1.165) is 42.4 Å². The van der Waals surface area contributed by atoms with Crippen LogP contribution in [0.4, 0.5) is 0 Å². The van der Waals surface area contributed by atoms with E-state index in [1.807, 2.05) is 18.2 Å². The van der Waals surface area contributed by atoms with Gasteiger partial charge < -0.3 is 19.4 Å². The minimum atomic E-state index is 0.364. The Morgan fingerprint density at radius 2 is 1.85 bits per heavy atom. The molecular formula is C21H27N3O2. The summed E-state index contributed by atoms with van der Waals surface area (Å²) in [4.78, 5) is 4.62. The molecule has 0 radical (unpaired) electrons. The summed E-state index contributed by atoms with van der Waals surface area (Å²) in [7, 11) is 3.32. The second-order valence-electron chi connectivity index (χ2n) is 6.55. The maximum Gasteiger partial charge on any atom is 0.160 e. The Kier molecular flexibility index (Phi) is 5.78. The average molecular weight is 353 g/mol. The minimum absolute atomic E-state index is 0.364. The predicted octanol–water partition coefficient (Wildman–Crippen LogP) is 3.58. The minimum Gasteiger partial charge on any atom is -0.493 e. The fourth-order valence-corrected chi connectivity index (χ4v) is 3.33. The first-order valence-corrected chi connectivity index (χ1v) is 8.98. The number of fused-ring (bicyclic) bond motifs is 1. The molecule has 26 heavy (non-hydrogen) atoms. The topological polar surface area (TPSA) is 48.3 Å². The lowest BCUT2D eigenvalue weighted by atomic mass is 10.1. The van der Waals surface area contributed by atoms with Gasteiger partial charge in [0, 0.05) is 19.1 Å². The van der Waals surface area contributed by atoms with Gasteiger partial charge in [-0.25, -0.2) is 4.98 Å². The van der Waals surface area contributed by atoms with Gasteiger partial charge in [-0.1, -0.05) is 18.2 Å². The summed E-state index contributed by atoms with van der Waals surface area (Å²) in [5.74, 6) is 2.59. The van der Waals surface area contributed by atoms with Gasteiger partial charge in [0.2, 0.25) is 0 Å². The van der Waals surface area contributed by atoms with Crippen LogP contribution in [0.3, 0.4) is 0 Å². The van der Waals surface area contributed by atoms with Crippen molar-refractivity contribution < 1.29 is 9.47 Å². The van der Waals surface area contributed by atoms with Crippen LogP contribution in [0.2, 0.25) is 0 Å². The standard InChI is InChI=1S/C21H27N3O2/c1-15(13-17-9-10-20(25-3)21(14-17)26-4)22-11-12-24-16(2)23-18-7-5-6-8-19(18)24/h5-10,14-15,22H,11-13H2,1-4H3. The fourth-order valence-electron chi connectivity index (χ4n) is 3.33. The smallest absolute Gasteiger partial charge is 0.160 e. The summed E-state index contributed by atoms with van der Waals surface area (Å²) in [5.41, 5.74) is 3.48. The second-order valence-corrected chi connectivity index (χ2v) is 6.55. The number of imidazole rings is 1. The molecule has 2 aromatic carbocycles. The molecule has 1 aromatic heterocycles. The Bertz CT molecular complexity index is 873. The van der Waals surface area contributed by atoms with Crippen molar-refractivity contribution in [3.8, 4) is 11.5 Å². The number of hydrogen-bond acceptors (Lipinski definition) is 4. The van der Waals surface area contributed by atoms with E-state index in [1.165, 1.54) is 11.1 Å². The van der Waals surface area contributed by atoms with E-state index >= 15 is 0 Å². The van der Waals surface area contributed by atoms with Gasteiger partial charge in [-0.3, -0.25) is 0 Å². The van der Waals surface area contributed by atoms with Gasteiger partial charge >= 0.3 is 0 Å². The molecule has 0 bridgehead atoms. The lowest BCUT2D eigenvalue weighted by Gasteiger charge is -2.16. The van der Waals surface area contributed by atoms with E-state index in [0.29, 0.717) is 6.04 Å². The highest BCUT2D eigenvalue weighted by atomic mass is 16.5. The number of rotatable bonds is 8. The molecule has 1 N–H and O–H groups in total. The molecule has 0 fully saturated rings. The zero-order valence-corrected chi connectivity index (χ0v) is 16.0. The lowest BCUT2D eigenvalue weighted by molar-refractivity contribution is 0.354. The molecule has 3 aromatic rings. The van der Waals surface area contributed by atoms with Crippen molar-refractivity contribution in [2.24, 2.45) is 0 Å². The van der Waals surface area contributed by atoms with Crippen molar-refractivity contribution in [2.45, 2.75) is 32.9 Å². The second kappa shape index (κ2) is 8.23. The van der Waals surface area contributed by atoms with Crippen LogP contribution in [-0.2, 0) is 13.0 Å². The summed E-state index contributed by atoms with van der Waals surface area (Å²) in [6, 6.07) is 14.7. The first kappa shape index (κ1) is 18.3. The van der Waals surface area contributed by atoms with Gasteiger partial charge in [-0.2, -0.15) is 0 Å². The lowest BCUT2D eigenvalue weighted by Crippen LogP contribution is -2.31. The van der Waals surface area contributed by atoms with Crippen LogP contribution in [0.25, 0.3) is 11.0 Å². The molecule has 3 rings (SSSR count). The molecule has 5 heteroatoms. The Morgan fingerprint density at radius 3 is 2.62 bits per heavy atom. The van der Waals surface area contributed by atoms with Crippen LogP contribution in [0.5, 0.6) is 11.5 Å². The highest BCUT2D eigenvalue weighted by molar-refractivity contribution is 5.75. The number of aromatic nitrogens is 2. The van der Waals surface area contributed by atoms with E-state index < -0.39 is 0 Å². The molecule has 0 spiro atoms. The average Bonchev–Trinajstić information content (AvgIpc) is 2.97. The van der Waals surface area contributed by atoms with E-state index in [1.54, 1.807) is 14.2 Å². The first-order chi connectivity index (χ1) is 12.6. The van der Waals surface area contributed by atoms with E-state index in [9.17, 15) is 0 Å². The summed E-state index contributed by atoms with van der Waals surface area (Å²) >= 11 is 0. The molecule has 5 nitrogen and oxygen atoms in total. The zero-order valence-electron chi connectivity index (χ0n) is 16.0. The number of para-hydroxylation sites is 2. The van der Waals surface area contributed by atoms with Crippen LogP contribution in [0.15, 0.2) is 42.5 Å². The zero-order chi connectivity index (χ0) is 18.5. The Balaban J connectivity index is 1.57. The third-order valence-electron chi connectivity index (χ3n) is 4.66. The van der Waals surface area contributed by atoms with Gasteiger partial charge in [-0.15, -0.1) is 0 Å². The summed E-state index contributed by atoms with van der Waals surface area (Å²) in [6.07, 6.45) is 0.935. The third kappa shape index (κ3) is 3.99. The monoisotopic (exact) mass is 353 g/mol. The highest BCUT2D eigenvalue weighted by Gasteiger charge is 2.09. The van der Waals surface area contributed by atoms with Gasteiger partial charge in [0.25, 0.3) is 0 Å². The largest absolute Gasteiger partial charge is 0.493 e. The summed E-state index contributed by atoms with van der Waals surface area (Å²) in [6.45, 7) is 6.07. The van der Waals surface area contributed by atoms with E-state index in [-0.39, 0.29) is 0 Å². The molecule has 138 valence electrons. The van der Waals surface area contributed by atoms with Gasteiger partial charge in [0.15, 0.2) is 11.5 Å². The summed E-state index contributed by atoms with van der Waals surface area (Å²) in [5, 5.41) is 3.61. The van der Waals surface area contributed by atoms with Crippen LogP contribution < -0.4 is 14.8 Å². The molecule has 1 atom stereocenters. The number of aryl methyl sites for hydroxylation is 1. The summed E-state index contributed by atoms with van der Waals surface area (Å²) < 4.78 is 13.0.